The molecule has 0 saturated heterocycles. The summed E-state index contributed by atoms with van der Waals surface area (Å²) in [6.45, 7) is 3.84. The van der Waals surface area contributed by atoms with E-state index >= 15 is 0 Å². The Bertz CT molecular complexity index is 792. The molecule has 0 aliphatic rings. The van der Waals surface area contributed by atoms with E-state index in [0.29, 0.717) is 33.8 Å². The SMILES string of the molecule is CCOC(=O)c1sc(N/N=C\c2ccc(OC)c(OC)c2Br)nc1C. The van der Waals surface area contributed by atoms with Gasteiger partial charge in [-0.3, -0.25) is 5.43 Å². The van der Waals surface area contributed by atoms with Gasteiger partial charge in [-0.2, -0.15) is 5.10 Å². The van der Waals surface area contributed by atoms with Crippen LogP contribution in [0.3, 0.4) is 0 Å². The Hall–Kier alpha value is -2.13. The molecule has 0 unspecified atom stereocenters. The Labute approximate surface area is 158 Å². The molecule has 1 aromatic heterocycles. The van der Waals surface area contributed by atoms with Gasteiger partial charge in [0.1, 0.15) is 4.88 Å². The number of methoxy groups -OCH3 is 2. The molecule has 1 N–H and O–H groups in total. The highest BCUT2D eigenvalue weighted by Gasteiger charge is 2.16. The van der Waals surface area contributed by atoms with Crippen LogP contribution in [0, 0.1) is 6.92 Å². The third-order valence-corrected chi connectivity index (χ3v) is 5.00. The van der Waals surface area contributed by atoms with E-state index in [1.807, 2.05) is 6.07 Å². The highest BCUT2D eigenvalue weighted by molar-refractivity contribution is 9.10. The molecule has 0 radical (unpaired) electrons. The van der Waals surface area contributed by atoms with Crippen LogP contribution in [0.25, 0.3) is 0 Å². The van der Waals surface area contributed by atoms with Crippen molar-refractivity contribution in [2.75, 3.05) is 26.3 Å². The summed E-state index contributed by atoms with van der Waals surface area (Å²) in [7, 11) is 3.14. The molecular formula is C16H18BrN3O4S. The summed E-state index contributed by atoms with van der Waals surface area (Å²) in [5, 5.41) is 4.67. The second-order valence-corrected chi connectivity index (χ2v) is 6.52. The lowest BCUT2D eigenvalue weighted by Gasteiger charge is -2.10. The van der Waals surface area contributed by atoms with Gasteiger partial charge in [0.2, 0.25) is 5.13 Å². The summed E-state index contributed by atoms with van der Waals surface area (Å²) in [5.74, 6) is 0.826. The van der Waals surface area contributed by atoms with Crippen molar-refractivity contribution in [2.24, 2.45) is 5.10 Å². The number of rotatable bonds is 7. The van der Waals surface area contributed by atoms with E-state index in [9.17, 15) is 4.79 Å². The number of thiazole rings is 1. The highest BCUT2D eigenvalue weighted by Crippen LogP contribution is 2.36. The first-order valence-electron chi connectivity index (χ1n) is 7.35. The number of nitrogens with zero attached hydrogens (tertiary/aromatic N) is 2. The second kappa shape index (κ2) is 8.82. The maximum atomic E-state index is 11.8. The molecule has 1 aromatic carbocycles. The Balaban J connectivity index is 2.14. The van der Waals surface area contributed by atoms with Gasteiger partial charge >= 0.3 is 5.97 Å². The predicted molar refractivity (Wildman–Crippen MR) is 101 cm³/mol. The molecule has 2 rings (SSSR count). The number of nitrogens with one attached hydrogen (secondary N) is 1. The summed E-state index contributed by atoms with van der Waals surface area (Å²) in [4.78, 5) is 16.5. The minimum absolute atomic E-state index is 0.324. The van der Waals surface area contributed by atoms with E-state index in [0.717, 1.165) is 10.0 Å². The fraction of sp³-hybridized carbons (Fsp3) is 0.312. The Morgan fingerprint density at radius 2 is 2.16 bits per heavy atom. The molecule has 0 aliphatic carbocycles. The number of hydrogen-bond donors (Lipinski definition) is 1. The predicted octanol–water partition coefficient (Wildman–Crippen LogP) is 3.85. The number of carbonyl (C=O) groups is 1. The number of hydrogen-bond acceptors (Lipinski definition) is 8. The second-order valence-electron chi connectivity index (χ2n) is 4.73. The first kappa shape index (κ1) is 19.2. The Kier molecular flexibility index (Phi) is 6.77. The number of aromatic nitrogens is 1. The van der Waals surface area contributed by atoms with Crippen LogP contribution >= 0.6 is 27.3 Å². The minimum Gasteiger partial charge on any atom is -0.493 e. The number of ether oxygens (including phenoxy) is 3. The zero-order chi connectivity index (χ0) is 18.4. The number of halogens is 1. The molecule has 0 spiro atoms. The van der Waals surface area contributed by atoms with E-state index in [1.165, 1.54) is 11.3 Å². The fourth-order valence-corrected chi connectivity index (χ4v) is 3.39. The van der Waals surface area contributed by atoms with Crippen molar-refractivity contribution in [2.45, 2.75) is 13.8 Å². The summed E-state index contributed by atoms with van der Waals surface area (Å²) < 4.78 is 16.3. The van der Waals surface area contributed by atoms with Gasteiger partial charge in [-0.25, -0.2) is 9.78 Å². The third kappa shape index (κ3) is 4.49. The highest BCUT2D eigenvalue weighted by atomic mass is 79.9. The van der Waals surface area contributed by atoms with Crippen LogP contribution in [0.15, 0.2) is 21.7 Å². The van der Waals surface area contributed by atoms with Crippen molar-refractivity contribution in [1.29, 1.82) is 0 Å². The lowest BCUT2D eigenvalue weighted by Crippen LogP contribution is -2.03. The molecule has 2 aromatic rings. The first-order valence-corrected chi connectivity index (χ1v) is 8.96. The van der Waals surface area contributed by atoms with Crippen molar-refractivity contribution in [3.8, 4) is 11.5 Å². The van der Waals surface area contributed by atoms with Crippen LogP contribution < -0.4 is 14.9 Å². The van der Waals surface area contributed by atoms with Gasteiger partial charge in [0.25, 0.3) is 0 Å². The van der Waals surface area contributed by atoms with E-state index in [1.54, 1.807) is 40.3 Å². The number of benzene rings is 1. The van der Waals surface area contributed by atoms with E-state index in [4.69, 9.17) is 14.2 Å². The molecular weight excluding hydrogens is 410 g/mol. The zero-order valence-electron chi connectivity index (χ0n) is 14.3. The topological polar surface area (TPSA) is 82.0 Å². The van der Waals surface area contributed by atoms with Crippen LogP contribution in [0.4, 0.5) is 5.13 Å². The molecule has 0 atom stereocenters. The van der Waals surface area contributed by atoms with Gasteiger partial charge in [-0.05, 0) is 41.9 Å². The maximum Gasteiger partial charge on any atom is 0.350 e. The van der Waals surface area contributed by atoms with Gasteiger partial charge in [-0.1, -0.05) is 11.3 Å². The third-order valence-electron chi connectivity index (χ3n) is 3.14. The number of carbonyl (C=O) groups excluding carboxylic acids is 1. The molecule has 25 heavy (non-hydrogen) atoms. The van der Waals surface area contributed by atoms with Crippen molar-refractivity contribution < 1.29 is 19.0 Å². The molecule has 0 saturated carbocycles. The quantitative estimate of drug-likeness (QED) is 0.410. The van der Waals surface area contributed by atoms with Crippen LogP contribution in [0.5, 0.6) is 11.5 Å². The standard InChI is InChI=1S/C16H18BrN3O4S/c1-5-24-15(21)14-9(2)19-16(25-14)20-18-8-10-6-7-11(22-3)13(23-4)12(10)17/h6-8H,5H2,1-4H3,(H,19,20)/b18-8-. The van der Waals surface area contributed by atoms with E-state index in [-0.39, 0.29) is 5.97 Å². The molecule has 0 bridgehead atoms. The van der Waals surface area contributed by atoms with Crippen molar-refractivity contribution in [3.63, 3.8) is 0 Å². The average molecular weight is 428 g/mol. The Morgan fingerprint density at radius 3 is 2.80 bits per heavy atom. The van der Waals surface area contributed by atoms with E-state index < -0.39 is 0 Å². The summed E-state index contributed by atoms with van der Waals surface area (Å²) in [6.07, 6.45) is 1.62. The summed E-state index contributed by atoms with van der Waals surface area (Å²) >= 11 is 4.67. The number of hydrazone groups is 1. The monoisotopic (exact) mass is 427 g/mol. The normalized spacial score (nSPS) is 10.8. The van der Waals surface area contributed by atoms with Crippen molar-refractivity contribution >= 4 is 44.6 Å². The summed E-state index contributed by atoms with van der Waals surface area (Å²) in [6, 6.07) is 3.63. The van der Waals surface area contributed by atoms with Crippen LogP contribution in [-0.4, -0.2) is 38.0 Å². The number of aryl methyl sites for hydroxylation is 1. The molecule has 0 fully saturated rings. The molecule has 134 valence electrons. The van der Waals surface area contributed by atoms with Crippen LogP contribution in [0.1, 0.15) is 27.9 Å². The zero-order valence-corrected chi connectivity index (χ0v) is 16.7. The van der Waals surface area contributed by atoms with Crippen LogP contribution in [-0.2, 0) is 4.74 Å². The number of esters is 1. The lowest BCUT2D eigenvalue weighted by molar-refractivity contribution is 0.0531. The largest absolute Gasteiger partial charge is 0.493 e. The summed E-state index contributed by atoms with van der Waals surface area (Å²) in [5.41, 5.74) is 4.22. The van der Waals surface area contributed by atoms with Gasteiger partial charge < -0.3 is 14.2 Å². The van der Waals surface area contributed by atoms with Gasteiger partial charge in [0.15, 0.2) is 11.5 Å². The van der Waals surface area contributed by atoms with Crippen LogP contribution in [0.2, 0.25) is 0 Å². The van der Waals surface area contributed by atoms with E-state index in [2.05, 4.69) is 31.4 Å². The smallest absolute Gasteiger partial charge is 0.350 e. The van der Waals surface area contributed by atoms with Gasteiger partial charge in [-0.15, -0.1) is 0 Å². The van der Waals surface area contributed by atoms with Crippen molar-refractivity contribution in [3.05, 3.63) is 32.7 Å². The molecule has 9 heteroatoms. The van der Waals surface area contributed by atoms with Gasteiger partial charge in [0.05, 0.1) is 37.2 Å². The molecule has 0 amide bonds. The van der Waals surface area contributed by atoms with Crippen molar-refractivity contribution in [1.82, 2.24) is 4.98 Å². The maximum absolute atomic E-state index is 11.8. The number of anilines is 1. The fourth-order valence-electron chi connectivity index (χ4n) is 1.99. The minimum atomic E-state index is -0.378. The first-order chi connectivity index (χ1) is 12.0. The lowest BCUT2D eigenvalue weighted by atomic mass is 10.2. The Morgan fingerprint density at radius 1 is 1.40 bits per heavy atom. The molecule has 7 nitrogen and oxygen atoms in total. The molecule has 1 heterocycles. The van der Waals surface area contributed by atoms with Gasteiger partial charge in [0, 0.05) is 5.56 Å². The average Bonchev–Trinajstić information content (AvgIpc) is 2.97. The molecule has 0 aliphatic heterocycles.